The van der Waals surface area contributed by atoms with Crippen molar-refractivity contribution in [3.05, 3.63) is 0 Å². The summed E-state index contributed by atoms with van der Waals surface area (Å²) in [6, 6.07) is 0. The molecule has 1 fully saturated rings. The zero-order chi connectivity index (χ0) is 11.1. The number of likely N-dealkylation sites (tertiary alicyclic amines) is 1. The van der Waals surface area contributed by atoms with E-state index in [0.29, 0.717) is 18.9 Å². The molecule has 4 heteroatoms. The molecule has 0 spiro atoms. The monoisotopic (exact) mass is 214 g/mol. The predicted molar refractivity (Wildman–Crippen MR) is 59.6 cm³/mol. The molecule has 2 N–H and O–H groups in total. The topological polar surface area (TPSA) is 52.6 Å². The molecule has 15 heavy (non-hydrogen) atoms. The molecule has 1 rings (SSSR count). The van der Waals surface area contributed by atoms with Crippen molar-refractivity contribution in [2.24, 2.45) is 5.92 Å². The van der Waals surface area contributed by atoms with E-state index in [0.717, 1.165) is 32.5 Å². The van der Waals surface area contributed by atoms with Crippen LogP contribution in [-0.2, 0) is 4.79 Å². The molecule has 0 aromatic rings. The molecule has 1 heterocycles. The Morgan fingerprint density at radius 3 is 3.07 bits per heavy atom. The van der Waals surface area contributed by atoms with Crippen LogP contribution in [0.1, 0.15) is 26.2 Å². The van der Waals surface area contributed by atoms with Gasteiger partial charge < -0.3 is 15.3 Å². The fourth-order valence-electron chi connectivity index (χ4n) is 2.08. The molecule has 0 bridgehead atoms. The van der Waals surface area contributed by atoms with Crippen LogP contribution in [0.4, 0.5) is 0 Å². The van der Waals surface area contributed by atoms with Gasteiger partial charge in [-0.2, -0.15) is 0 Å². The van der Waals surface area contributed by atoms with Crippen molar-refractivity contribution >= 4 is 5.91 Å². The maximum Gasteiger partial charge on any atom is 0.221 e. The fourth-order valence-corrected chi connectivity index (χ4v) is 2.08. The predicted octanol–water partition coefficient (Wildman–Crippen LogP) is 0.217. The van der Waals surface area contributed by atoms with Crippen LogP contribution in [-0.4, -0.2) is 48.7 Å². The van der Waals surface area contributed by atoms with Gasteiger partial charge in [0, 0.05) is 32.7 Å². The lowest BCUT2D eigenvalue weighted by Gasteiger charge is -2.15. The second-order valence-electron chi connectivity index (χ2n) is 4.17. The van der Waals surface area contributed by atoms with Gasteiger partial charge in [0.15, 0.2) is 0 Å². The number of amides is 1. The van der Waals surface area contributed by atoms with E-state index in [-0.39, 0.29) is 12.5 Å². The number of aliphatic hydroxyl groups excluding tert-OH is 1. The molecule has 0 aromatic heterocycles. The molecule has 4 nitrogen and oxygen atoms in total. The second kappa shape index (κ2) is 6.80. The molecular weight excluding hydrogens is 192 g/mol. The molecule has 88 valence electrons. The molecule has 0 radical (unpaired) electrons. The number of carbonyl (C=O) groups excluding carboxylic acids is 1. The van der Waals surface area contributed by atoms with E-state index in [9.17, 15) is 4.79 Å². The Morgan fingerprint density at radius 1 is 1.60 bits per heavy atom. The maximum absolute atomic E-state index is 11.2. The van der Waals surface area contributed by atoms with Gasteiger partial charge in [-0.3, -0.25) is 4.79 Å². The molecule has 1 aliphatic heterocycles. The number of aliphatic hydroxyl groups is 1. The molecule has 1 unspecified atom stereocenters. The van der Waals surface area contributed by atoms with Crippen LogP contribution < -0.4 is 5.32 Å². The van der Waals surface area contributed by atoms with Crippen molar-refractivity contribution in [3.63, 3.8) is 0 Å². The zero-order valence-electron chi connectivity index (χ0n) is 9.54. The lowest BCUT2D eigenvalue weighted by atomic mass is 10.1. The maximum atomic E-state index is 11.2. The standard InChI is InChI=1S/C11H22N2O2/c1-2-12-11(15)4-7-13-6-3-10(9-13)5-8-14/h10,14H,2-9H2,1H3,(H,12,15). The summed E-state index contributed by atoms with van der Waals surface area (Å²) in [4.78, 5) is 13.5. The number of hydrogen-bond acceptors (Lipinski definition) is 3. The quantitative estimate of drug-likeness (QED) is 0.665. The average molecular weight is 214 g/mol. The van der Waals surface area contributed by atoms with Gasteiger partial charge in [0.1, 0.15) is 0 Å². The summed E-state index contributed by atoms with van der Waals surface area (Å²) < 4.78 is 0. The van der Waals surface area contributed by atoms with Crippen molar-refractivity contribution < 1.29 is 9.90 Å². The van der Waals surface area contributed by atoms with Crippen molar-refractivity contribution in [2.75, 3.05) is 32.8 Å². The molecule has 0 saturated carbocycles. The first-order chi connectivity index (χ1) is 7.26. The molecular formula is C11H22N2O2. The van der Waals surface area contributed by atoms with Gasteiger partial charge in [-0.1, -0.05) is 0 Å². The number of hydrogen-bond donors (Lipinski definition) is 2. The van der Waals surface area contributed by atoms with E-state index in [1.807, 2.05) is 6.92 Å². The van der Waals surface area contributed by atoms with E-state index in [1.165, 1.54) is 0 Å². The first kappa shape index (κ1) is 12.5. The van der Waals surface area contributed by atoms with Gasteiger partial charge in [-0.15, -0.1) is 0 Å². The Balaban J connectivity index is 2.10. The highest BCUT2D eigenvalue weighted by Crippen LogP contribution is 2.18. The minimum Gasteiger partial charge on any atom is -0.396 e. The van der Waals surface area contributed by atoms with Crippen molar-refractivity contribution in [1.82, 2.24) is 10.2 Å². The van der Waals surface area contributed by atoms with Crippen molar-refractivity contribution in [1.29, 1.82) is 0 Å². The third-order valence-electron chi connectivity index (χ3n) is 2.94. The smallest absolute Gasteiger partial charge is 0.221 e. The van der Waals surface area contributed by atoms with Gasteiger partial charge in [0.25, 0.3) is 0 Å². The SMILES string of the molecule is CCNC(=O)CCN1CCC(CCO)C1. The van der Waals surface area contributed by atoms with Crippen molar-refractivity contribution in [3.8, 4) is 0 Å². The molecule has 0 aromatic carbocycles. The number of nitrogens with zero attached hydrogens (tertiary/aromatic N) is 1. The van der Waals surface area contributed by atoms with E-state index in [4.69, 9.17) is 5.11 Å². The molecule has 1 saturated heterocycles. The van der Waals surface area contributed by atoms with E-state index >= 15 is 0 Å². The van der Waals surface area contributed by atoms with Gasteiger partial charge in [0.05, 0.1) is 0 Å². The molecule has 0 aliphatic carbocycles. The third-order valence-corrected chi connectivity index (χ3v) is 2.94. The summed E-state index contributed by atoms with van der Waals surface area (Å²) in [7, 11) is 0. The Kier molecular flexibility index (Phi) is 5.65. The first-order valence-electron chi connectivity index (χ1n) is 5.86. The van der Waals surface area contributed by atoms with E-state index in [1.54, 1.807) is 0 Å². The number of nitrogens with one attached hydrogen (secondary N) is 1. The van der Waals surface area contributed by atoms with Crippen LogP contribution in [0.15, 0.2) is 0 Å². The van der Waals surface area contributed by atoms with Gasteiger partial charge in [-0.05, 0) is 32.2 Å². The summed E-state index contributed by atoms with van der Waals surface area (Å²) in [5.74, 6) is 0.771. The third kappa shape index (κ3) is 4.62. The summed E-state index contributed by atoms with van der Waals surface area (Å²) >= 11 is 0. The highest BCUT2D eigenvalue weighted by molar-refractivity contribution is 5.75. The Hall–Kier alpha value is -0.610. The van der Waals surface area contributed by atoms with E-state index < -0.39 is 0 Å². The van der Waals surface area contributed by atoms with Gasteiger partial charge >= 0.3 is 0 Å². The largest absolute Gasteiger partial charge is 0.396 e. The first-order valence-corrected chi connectivity index (χ1v) is 5.86. The lowest BCUT2D eigenvalue weighted by Crippen LogP contribution is -2.29. The fraction of sp³-hybridized carbons (Fsp3) is 0.909. The number of rotatable bonds is 6. The van der Waals surface area contributed by atoms with Gasteiger partial charge in [0.2, 0.25) is 5.91 Å². The van der Waals surface area contributed by atoms with E-state index in [2.05, 4.69) is 10.2 Å². The van der Waals surface area contributed by atoms with Gasteiger partial charge in [-0.25, -0.2) is 0 Å². The van der Waals surface area contributed by atoms with Crippen LogP contribution in [0.2, 0.25) is 0 Å². The molecule has 1 aliphatic rings. The second-order valence-corrected chi connectivity index (χ2v) is 4.17. The van der Waals surface area contributed by atoms with Crippen LogP contribution in [0.25, 0.3) is 0 Å². The number of carbonyl (C=O) groups is 1. The highest BCUT2D eigenvalue weighted by atomic mass is 16.3. The van der Waals surface area contributed by atoms with Crippen LogP contribution in [0, 0.1) is 5.92 Å². The van der Waals surface area contributed by atoms with Crippen LogP contribution in [0.3, 0.4) is 0 Å². The van der Waals surface area contributed by atoms with Crippen LogP contribution in [0.5, 0.6) is 0 Å². The highest BCUT2D eigenvalue weighted by Gasteiger charge is 2.21. The minimum atomic E-state index is 0.142. The summed E-state index contributed by atoms with van der Waals surface area (Å²) in [6.07, 6.45) is 2.66. The Bertz CT molecular complexity index is 197. The molecule has 1 atom stereocenters. The lowest BCUT2D eigenvalue weighted by molar-refractivity contribution is -0.121. The Morgan fingerprint density at radius 2 is 2.40 bits per heavy atom. The average Bonchev–Trinajstić information content (AvgIpc) is 2.64. The van der Waals surface area contributed by atoms with Crippen molar-refractivity contribution in [2.45, 2.75) is 26.2 Å². The molecule has 1 amide bonds. The summed E-state index contributed by atoms with van der Waals surface area (Å²) in [5, 5.41) is 11.6. The summed E-state index contributed by atoms with van der Waals surface area (Å²) in [6.45, 7) is 5.91. The minimum absolute atomic E-state index is 0.142. The normalized spacial score (nSPS) is 21.9. The van der Waals surface area contributed by atoms with Crippen LogP contribution >= 0.6 is 0 Å². The zero-order valence-corrected chi connectivity index (χ0v) is 9.54. The summed E-state index contributed by atoms with van der Waals surface area (Å²) in [5.41, 5.74) is 0. The Labute approximate surface area is 91.6 Å².